The number of methoxy groups -OCH3 is 1. The highest BCUT2D eigenvalue weighted by Crippen LogP contribution is 2.20. The van der Waals surface area contributed by atoms with Crippen LogP contribution >= 0.6 is 15.9 Å². The van der Waals surface area contributed by atoms with Crippen LogP contribution in [0.25, 0.3) is 0 Å². The molecule has 0 aliphatic carbocycles. The number of anilines is 2. The summed E-state index contributed by atoms with van der Waals surface area (Å²) in [7, 11) is 1.51. The standard InChI is InChI=1S/C17H13BrFN5O4/c1-26-12-4-2-3-10(7-12)17(25)21-16-15(23-28-24-16)9-20-27-22-11-5-6-14(19)13(18)8-11/h2-9,22H,1H3,(H,21,24,25)/b20-9+. The average molecular weight is 450 g/mol. The second-order valence-electron chi connectivity index (χ2n) is 5.24. The van der Waals surface area contributed by atoms with Gasteiger partial charge in [-0.15, -0.1) is 0 Å². The van der Waals surface area contributed by atoms with Crippen molar-refractivity contribution in [3.05, 3.63) is 64.0 Å². The smallest absolute Gasteiger partial charge is 0.257 e. The highest BCUT2D eigenvalue weighted by atomic mass is 79.9. The summed E-state index contributed by atoms with van der Waals surface area (Å²) in [6, 6.07) is 10.8. The summed E-state index contributed by atoms with van der Waals surface area (Å²) in [5.74, 6) is -0.233. The molecule has 0 unspecified atom stereocenters. The highest BCUT2D eigenvalue weighted by molar-refractivity contribution is 9.10. The molecule has 28 heavy (non-hydrogen) atoms. The van der Waals surface area contributed by atoms with E-state index in [0.717, 1.165) is 0 Å². The van der Waals surface area contributed by atoms with E-state index in [0.29, 0.717) is 17.0 Å². The molecule has 1 aromatic heterocycles. The average Bonchev–Trinajstić information content (AvgIpc) is 3.14. The Kier molecular flexibility index (Phi) is 6.17. The molecule has 3 rings (SSSR count). The number of nitrogens with one attached hydrogen (secondary N) is 2. The first kappa shape index (κ1) is 19.3. The lowest BCUT2D eigenvalue weighted by molar-refractivity contribution is 0.102. The Bertz CT molecular complexity index is 1010. The highest BCUT2D eigenvalue weighted by Gasteiger charge is 2.14. The van der Waals surface area contributed by atoms with Crippen molar-refractivity contribution in [2.24, 2.45) is 5.16 Å². The molecular weight excluding hydrogens is 437 g/mol. The van der Waals surface area contributed by atoms with E-state index < -0.39 is 11.7 Å². The van der Waals surface area contributed by atoms with Gasteiger partial charge < -0.3 is 10.1 Å². The molecule has 0 atom stereocenters. The van der Waals surface area contributed by atoms with Gasteiger partial charge in [0.15, 0.2) is 5.69 Å². The van der Waals surface area contributed by atoms with Gasteiger partial charge in [0.2, 0.25) is 5.82 Å². The summed E-state index contributed by atoms with van der Waals surface area (Å²) in [6.07, 6.45) is 1.18. The molecule has 0 aliphatic rings. The van der Waals surface area contributed by atoms with Crippen LogP contribution in [0.3, 0.4) is 0 Å². The maximum absolute atomic E-state index is 13.2. The van der Waals surface area contributed by atoms with E-state index in [1.165, 1.54) is 31.5 Å². The van der Waals surface area contributed by atoms with Crippen molar-refractivity contribution < 1.29 is 23.5 Å². The normalized spacial score (nSPS) is 10.7. The van der Waals surface area contributed by atoms with Gasteiger partial charge in [-0.3, -0.25) is 9.73 Å². The number of benzene rings is 2. The molecule has 0 radical (unpaired) electrons. The maximum Gasteiger partial charge on any atom is 0.257 e. The maximum atomic E-state index is 13.2. The first-order chi connectivity index (χ1) is 13.6. The predicted octanol–water partition coefficient (Wildman–Crippen LogP) is 3.61. The number of halogens is 2. The zero-order chi connectivity index (χ0) is 19.9. The van der Waals surface area contributed by atoms with Crippen LogP contribution in [0.15, 0.2) is 56.7 Å². The van der Waals surface area contributed by atoms with E-state index in [1.54, 1.807) is 24.3 Å². The van der Waals surface area contributed by atoms with Gasteiger partial charge in [0.1, 0.15) is 17.8 Å². The van der Waals surface area contributed by atoms with E-state index in [1.807, 2.05) is 0 Å². The van der Waals surface area contributed by atoms with E-state index in [4.69, 9.17) is 9.68 Å². The molecule has 9 nitrogen and oxygen atoms in total. The Morgan fingerprint density at radius 3 is 2.93 bits per heavy atom. The van der Waals surface area contributed by atoms with Crippen LogP contribution in [0.2, 0.25) is 0 Å². The second kappa shape index (κ2) is 8.95. The van der Waals surface area contributed by atoms with Gasteiger partial charge in [0, 0.05) is 5.56 Å². The van der Waals surface area contributed by atoms with Crippen molar-refractivity contribution in [3.8, 4) is 5.75 Å². The van der Waals surface area contributed by atoms with Crippen LogP contribution in [0.5, 0.6) is 5.75 Å². The largest absolute Gasteiger partial charge is 0.497 e. The van der Waals surface area contributed by atoms with E-state index in [9.17, 15) is 9.18 Å². The first-order valence-electron chi connectivity index (χ1n) is 7.75. The van der Waals surface area contributed by atoms with Crippen molar-refractivity contribution in [3.63, 3.8) is 0 Å². The zero-order valence-corrected chi connectivity index (χ0v) is 15.9. The van der Waals surface area contributed by atoms with E-state index >= 15 is 0 Å². The molecule has 0 aliphatic heterocycles. The number of rotatable bonds is 7. The Labute approximate surface area is 166 Å². The lowest BCUT2D eigenvalue weighted by atomic mass is 10.2. The molecule has 11 heteroatoms. The van der Waals surface area contributed by atoms with Crippen LogP contribution in [0.4, 0.5) is 15.9 Å². The van der Waals surface area contributed by atoms with Crippen molar-refractivity contribution in [1.82, 2.24) is 10.3 Å². The number of oxime groups is 1. The molecule has 1 amide bonds. The zero-order valence-electron chi connectivity index (χ0n) is 14.3. The van der Waals surface area contributed by atoms with Gasteiger partial charge >= 0.3 is 0 Å². The third kappa shape index (κ3) is 4.82. The van der Waals surface area contributed by atoms with Crippen LogP contribution < -0.4 is 15.5 Å². The number of carbonyl (C=O) groups excluding carboxylic acids is 1. The Morgan fingerprint density at radius 1 is 1.29 bits per heavy atom. The molecule has 1 heterocycles. The lowest BCUT2D eigenvalue weighted by Crippen LogP contribution is -2.13. The third-order valence-corrected chi connectivity index (χ3v) is 4.00. The Hall–Kier alpha value is -3.47. The van der Waals surface area contributed by atoms with E-state index in [-0.39, 0.29) is 16.0 Å². The summed E-state index contributed by atoms with van der Waals surface area (Å²) in [5, 5.41) is 13.4. The molecular formula is C17H13BrFN5O4. The Morgan fingerprint density at radius 2 is 2.14 bits per heavy atom. The summed E-state index contributed by atoms with van der Waals surface area (Å²) in [6.45, 7) is 0. The van der Waals surface area contributed by atoms with Crippen LogP contribution in [0, 0.1) is 5.82 Å². The van der Waals surface area contributed by atoms with Crippen LogP contribution in [-0.4, -0.2) is 29.5 Å². The minimum absolute atomic E-state index is 0.0599. The lowest BCUT2D eigenvalue weighted by Gasteiger charge is -2.04. The number of aromatic nitrogens is 2. The molecule has 0 saturated heterocycles. The first-order valence-corrected chi connectivity index (χ1v) is 8.54. The molecule has 3 aromatic rings. The molecule has 0 saturated carbocycles. The van der Waals surface area contributed by atoms with Crippen LogP contribution in [-0.2, 0) is 4.94 Å². The predicted molar refractivity (Wildman–Crippen MR) is 102 cm³/mol. The third-order valence-electron chi connectivity index (χ3n) is 3.39. The minimum Gasteiger partial charge on any atom is -0.497 e. The fourth-order valence-corrected chi connectivity index (χ4v) is 2.40. The van der Waals surface area contributed by atoms with Gasteiger partial charge in [-0.2, -0.15) is 5.48 Å². The van der Waals surface area contributed by atoms with Crippen molar-refractivity contribution in [2.75, 3.05) is 17.9 Å². The number of nitrogens with zero attached hydrogens (tertiary/aromatic N) is 3. The number of ether oxygens (including phenoxy) is 1. The molecule has 2 aromatic carbocycles. The van der Waals surface area contributed by atoms with Crippen LogP contribution in [0.1, 0.15) is 16.1 Å². The topological polar surface area (TPSA) is 111 Å². The number of hydrogen-bond acceptors (Lipinski definition) is 8. The van der Waals surface area contributed by atoms with Gasteiger partial charge in [-0.25, -0.2) is 9.02 Å². The molecule has 0 spiro atoms. The van der Waals surface area contributed by atoms with Crippen molar-refractivity contribution >= 4 is 39.6 Å². The summed E-state index contributed by atoms with van der Waals surface area (Å²) >= 11 is 3.06. The van der Waals surface area contributed by atoms with Gasteiger partial charge in [-0.05, 0) is 62.6 Å². The fraction of sp³-hybridized carbons (Fsp3) is 0.0588. The summed E-state index contributed by atoms with van der Waals surface area (Å²) in [5.41, 5.74) is 3.47. The monoisotopic (exact) mass is 449 g/mol. The summed E-state index contributed by atoms with van der Waals surface area (Å²) < 4.78 is 23.1. The minimum atomic E-state index is -0.431. The summed E-state index contributed by atoms with van der Waals surface area (Å²) in [4.78, 5) is 17.2. The molecule has 2 N–H and O–H groups in total. The number of amides is 1. The second-order valence-corrected chi connectivity index (χ2v) is 6.10. The van der Waals surface area contributed by atoms with Gasteiger partial charge in [0.05, 0.1) is 17.3 Å². The Balaban J connectivity index is 1.60. The fourth-order valence-electron chi connectivity index (χ4n) is 2.03. The SMILES string of the molecule is COc1cccc(C(=O)Nc2nonc2/C=N/ONc2ccc(F)c(Br)c2)c1. The van der Waals surface area contributed by atoms with Gasteiger partial charge in [0.25, 0.3) is 5.91 Å². The van der Waals surface area contributed by atoms with Crippen molar-refractivity contribution in [1.29, 1.82) is 0 Å². The molecule has 144 valence electrons. The quantitative estimate of drug-likeness (QED) is 0.418. The number of hydrogen-bond donors (Lipinski definition) is 2. The van der Waals surface area contributed by atoms with Crippen molar-refractivity contribution in [2.45, 2.75) is 0 Å². The molecule has 0 fully saturated rings. The van der Waals surface area contributed by atoms with E-state index in [2.05, 4.69) is 46.8 Å². The molecule has 0 bridgehead atoms. The van der Waals surface area contributed by atoms with Gasteiger partial charge in [-0.1, -0.05) is 11.2 Å². The number of carbonyl (C=O) groups is 1.